The number of nitrogens with one attached hydrogen (secondary N) is 1. The summed E-state index contributed by atoms with van der Waals surface area (Å²) in [6.45, 7) is 2.43. The fraction of sp³-hybridized carbons (Fsp3) is 0.471. The Labute approximate surface area is 135 Å². The second kappa shape index (κ2) is 7.76. The SMILES string of the molecule is CC(NC(=O)C1CCCN(C(=O)Cc2ccccc2)C1)C(=O)O. The van der Waals surface area contributed by atoms with E-state index in [1.165, 1.54) is 6.92 Å². The first kappa shape index (κ1) is 17.0. The highest BCUT2D eigenvalue weighted by Crippen LogP contribution is 2.18. The third-order valence-electron chi connectivity index (χ3n) is 4.07. The zero-order valence-corrected chi connectivity index (χ0v) is 13.2. The maximum absolute atomic E-state index is 12.4. The normalized spacial score (nSPS) is 19.0. The molecule has 1 aromatic carbocycles. The molecule has 0 radical (unpaired) electrons. The predicted molar refractivity (Wildman–Crippen MR) is 84.7 cm³/mol. The van der Waals surface area contributed by atoms with E-state index in [0.717, 1.165) is 12.0 Å². The first-order chi connectivity index (χ1) is 11.0. The van der Waals surface area contributed by atoms with Gasteiger partial charge >= 0.3 is 5.97 Å². The van der Waals surface area contributed by atoms with Crippen molar-refractivity contribution in [2.24, 2.45) is 5.92 Å². The zero-order valence-electron chi connectivity index (χ0n) is 13.2. The maximum atomic E-state index is 12.4. The third kappa shape index (κ3) is 4.81. The second-order valence-corrected chi connectivity index (χ2v) is 5.91. The van der Waals surface area contributed by atoms with Crippen molar-refractivity contribution in [2.75, 3.05) is 13.1 Å². The summed E-state index contributed by atoms with van der Waals surface area (Å²) in [7, 11) is 0. The Balaban J connectivity index is 1.91. The highest BCUT2D eigenvalue weighted by atomic mass is 16.4. The van der Waals surface area contributed by atoms with Crippen LogP contribution in [0.2, 0.25) is 0 Å². The van der Waals surface area contributed by atoms with Crippen LogP contribution in [0.15, 0.2) is 30.3 Å². The van der Waals surface area contributed by atoms with Crippen LogP contribution in [0.1, 0.15) is 25.3 Å². The first-order valence-electron chi connectivity index (χ1n) is 7.82. The number of carboxylic acid groups (broad SMARTS) is 1. The largest absolute Gasteiger partial charge is 0.480 e. The van der Waals surface area contributed by atoms with Crippen molar-refractivity contribution in [3.05, 3.63) is 35.9 Å². The Morgan fingerprint density at radius 2 is 2.00 bits per heavy atom. The summed E-state index contributed by atoms with van der Waals surface area (Å²) in [5, 5.41) is 11.3. The summed E-state index contributed by atoms with van der Waals surface area (Å²) in [6, 6.07) is 8.57. The molecular formula is C17H22N2O4. The van der Waals surface area contributed by atoms with Crippen LogP contribution >= 0.6 is 0 Å². The molecule has 2 unspecified atom stereocenters. The van der Waals surface area contributed by atoms with Crippen molar-refractivity contribution in [1.29, 1.82) is 0 Å². The van der Waals surface area contributed by atoms with Crippen molar-refractivity contribution in [1.82, 2.24) is 10.2 Å². The number of carbonyl (C=O) groups is 3. The molecule has 2 rings (SSSR count). The lowest BCUT2D eigenvalue weighted by atomic mass is 9.96. The Morgan fingerprint density at radius 1 is 1.30 bits per heavy atom. The van der Waals surface area contributed by atoms with Crippen molar-refractivity contribution >= 4 is 17.8 Å². The highest BCUT2D eigenvalue weighted by Gasteiger charge is 2.29. The number of piperidine rings is 1. The molecule has 6 heteroatoms. The fourth-order valence-corrected chi connectivity index (χ4v) is 2.69. The summed E-state index contributed by atoms with van der Waals surface area (Å²) >= 11 is 0. The van der Waals surface area contributed by atoms with Crippen LogP contribution in [0.25, 0.3) is 0 Å². The molecule has 1 aliphatic rings. The highest BCUT2D eigenvalue weighted by molar-refractivity contribution is 5.86. The fourth-order valence-electron chi connectivity index (χ4n) is 2.69. The molecule has 0 aromatic heterocycles. The molecule has 1 fully saturated rings. The number of benzene rings is 1. The van der Waals surface area contributed by atoms with E-state index in [4.69, 9.17) is 5.11 Å². The van der Waals surface area contributed by atoms with Gasteiger partial charge in [0.05, 0.1) is 12.3 Å². The van der Waals surface area contributed by atoms with Gasteiger partial charge in [-0.2, -0.15) is 0 Å². The standard InChI is InChI=1S/C17H22N2O4/c1-12(17(22)23)18-16(21)14-8-5-9-19(11-14)15(20)10-13-6-3-2-4-7-13/h2-4,6-7,12,14H,5,8-11H2,1H3,(H,18,21)(H,22,23). The molecule has 0 aliphatic carbocycles. The molecule has 1 aliphatic heterocycles. The maximum Gasteiger partial charge on any atom is 0.325 e. The molecule has 2 amide bonds. The van der Waals surface area contributed by atoms with Gasteiger partial charge < -0.3 is 15.3 Å². The zero-order chi connectivity index (χ0) is 16.8. The Bertz CT molecular complexity index is 573. The average Bonchev–Trinajstić information content (AvgIpc) is 2.55. The van der Waals surface area contributed by atoms with Gasteiger partial charge in [0, 0.05) is 13.1 Å². The van der Waals surface area contributed by atoms with E-state index in [9.17, 15) is 14.4 Å². The number of hydrogen-bond donors (Lipinski definition) is 2. The van der Waals surface area contributed by atoms with Crippen molar-refractivity contribution in [2.45, 2.75) is 32.2 Å². The summed E-state index contributed by atoms with van der Waals surface area (Å²) < 4.78 is 0. The van der Waals surface area contributed by atoms with E-state index < -0.39 is 12.0 Å². The van der Waals surface area contributed by atoms with Gasteiger partial charge in [0.2, 0.25) is 11.8 Å². The van der Waals surface area contributed by atoms with Gasteiger partial charge in [-0.15, -0.1) is 0 Å². The molecule has 6 nitrogen and oxygen atoms in total. The van der Waals surface area contributed by atoms with Crippen LogP contribution in [0, 0.1) is 5.92 Å². The number of carboxylic acids is 1. The lowest BCUT2D eigenvalue weighted by Crippen LogP contribution is -2.48. The van der Waals surface area contributed by atoms with Crippen molar-refractivity contribution in [3.63, 3.8) is 0 Å². The number of aliphatic carboxylic acids is 1. The van der Waals surface area contributed by atoms with E-state index in [-0.39, 0.29) is 17.7 Å². The lowest BCUT2D eigenvalue weighted by molar-refractivity contribution is -0.143. The van der Waals surface area contributed by atoms with Crippen LogP contribution in [-0.2, 0) is 20.8 Å². The van der Waals surface area contributed by atoms with Gasteiger partial charge in [-0.25, -0.2) is 0 Å². The van der Waals surface area contributed by atoms with Crippen LogP contribution < -0.4 is 5.32 Å². The van der Waals surface area contributed by atoms with E-state index in [1.807, 2.05) is 30.3 Å². The smallest absolute Gasteiger partial charge is 0.325 e. The number of likely N-dealkylation sites (tertiary alicyclic amines) is 1. The summed E-state index contributed by atoms with van der Waals surface area (Å²) in [4.78, 5) is 37.0. The Morgan fingerprint density at radius 3 is 2.65 bits per heavy atom. The molecule has 2 atom stereocenters. The van der Waals surface area contributed by atoms with Crippen molar-refractivity contribution < 1.29 is 19.5 Å². The Hall–Kier alpha value is -2.37. The minimum atomic E-state index is -1.06. The minimum Gasteiger partial charge on any atom is -0.480 e. The number of hydrogen-bond acceptors (Lipinski definition) is 3. The quantitative estimate of drug-likeness (QED) is 0.850. The van der Waals surface area contributed by atoms with Gasteiger partial charge in [-0.3, -0.25) is 14.4 Å². The molecule has 2 N–H and O–H groups in total. The molecule has 23 heavy (non-hydrogen) atoms. The monoisotopic (exact) mass is 318 g/mol. The topological polar surface area (TPSA) is 86.7 Å². The third-order valence-corrected chi connectivity index (χ3v) is 4.07. The van der Waals surface area contributed by atoms with E-state index in [0.29, 0.717) is 25.9 Å². The molecule has 124 valence electrons. The number of rotatable bonds is 5. The van der Waals surface area contributed by atoms with Crippen LogP contribution in [-0.4, -0.2) is 46.9 Å². The van der Waals surface area contributed by atoms with Gasteiger partial charge in [0.1, 0.15) is 6.04 Å². The summed E-state index contributed by atoms with van der Waals surface area (Å²) in [5.41, 5.74) is 0.948. The van der Waals surface area contributed by atoms with E-state index in [2.05, 4.69) is 5.32 Å². The van der Waals surface area contributed by atoms with E-state index in [1.54, 1.807) is 4.90 Å². The Kier molecular flexibility index (Phi) is 5.73. The van der Waals surface area contributed by atoms with Crippen LogP contribution in [0.4, 0.5) is 0 Å². The van der Waals surface area contributed by atoms with Crippen molar-refractivity contribution in [3.8, 4) is 0 Å². The molecule has 1 saturated heterocycles. The minimum absolute atomic E-state index is 0.0000157. The first-order valence-corrected chi connectivity index (χ1v) is 7.82. The number of amides is 2. The van der Waals surface area contributed by atoms with Gasteiger partial charge in [-0.1, -0.05) is 30.3 Å². The second-order valence-electron chi connectivity index (χ2n) is 5.91. The molecule has 0 spiro atoms. The van der Waals surface area contributed by atoms with Gasteiger partial charge in [0.25, 0.3) is 0 Å². The summed E-state index contributed by atoms with van der Waals surface area (Å²) in [6.07, 6.45) is 1.74. The van der Waals surface area contributed by atoms with Gasteiger partial charge in [-0.05, 0) is 25.3 Å². The van der Waals surface area contributed by atoms with E-state index >= 15 is 0 Å². The average molecular weight is 318 g/mol. The van der Waals surface area contributed by atoms with Gasteiger partial charge in [0.15, 0.2) is 0 Å². The molecule has 0 saturated carbocycles. The molecule has 1 aromatic rings. The summed E-state index contributed by atoms with van der Waals surface area (Å²) in [5.74, 6) is -1.70. The van der Waals surface area contributed by atoms with Crippen LogP contribution in [0.3, 0.4) is 0 Å². The number of nitrogens with zero attached hydrogens (tertiary/aromatic N) is 1. The molecule has 1 heterocycles. The molecular weight excluding hydrogens is 296 g/mol. The lowest BCUT2D eigenvalue weighted by Gasteiger charge is -2.32. The number of carbonyl (C=O) groups excluding carboxylic acids is 2. The predicted octanol–water partition coefficient (Wildman–Crippen LogP) is 1.06. The van der Waals surface area contributed by atoms with Crippen LogP contribution in [0.5, 0.6) is 0 Å². The molecule has 0 bridgehead atoms.